The van der Waals surface area contributed by atoms with Crippen LogP contribution in [0.5, 0.6) is 11.5 Å². The van der Waals surface area contributed by atoms with E-state index in [1.54, 1.807) is 26.4 Å². The summed E-state index contributed by atoms with van der Waals surface area (Å²) in [6, 6.07) is 11.4. The van der Waals surface area contributed by atoms with Gasteiger partial charge in [-0.2, -0.15) is 4.98 Å². The number of carbonyl (C=O) groups is 1. The molecule has 174 valence electrons. The van der Waals surface area contributed by atoms with Crippen LogP contribution in [-0.2, 0) is 11.2 Å². The first-order valence-electron chi connectivity index (χ1n) is 11.0. The Kier molecular flexibility index (Phi) is 6.67. The number of aromatic nitrogens is 2. The maximum atomic E-state index is 12.7. The van der Waals surface area contributed by atoms with Gasteiger partial charge in [-0.15, -0.1) is 0 Å². The van der Waals surface area contributed by atoms with Gasteiger partial charge in [-0.05, 0) is 36.6 Å². The van der Waals surface area contributed by atoms with E-state index in [0.29, 0.717) is 66.8 Å². The standard InChI is InChI=1S/C24H30N6O3/c1-32-20-14-18-19(15-21(20)33-2)27-24(28-23(18)26)30-12-10-29(11-13-30)22(31)5-3-4-16-6-8-17(25)9-7-16/h6-9,14-15H,3-5,10-13,25H2,1-2H3,(H2,26,27,28). The average molecular weight is 451 g/mol. The van der Waals surface area contributed by atoms with Crippen LogP contribution in [0, 0.1) is 0 Å². The minimum atomic E-state index is 0.181. The number of ether oxygens (including phenoxy) is 2. The van der Waals surface area contributed by atoms with Gasteiger partial charge in [0.25, 0.3) is 0 Å². The summed E-state index contributed by atoms with van der Waals surface area (Å²) < 4.78 is 10.7. The van der Waals surface area contributed by atoms with E-state index in [4.69, 9.17) is 20.9 Å². The highest BCUT2D eigenvalue weighted by atomic mass is 16.5. The number of anilines is 3. The van der Waals surface area contributed by atoms with Gasteiger partial charge in [0.2, 0.25) is 11.9 Å². The molecule has 33 heavy (non-hydrogen) atoms. The lowest BCUT2D eigenvalue weighted by atomic mass is 10.1. The number of benzene rings is 2. The van der Waals surface area contributed by atoms with E-state index in [9.17, 15) is 4.79 Å². The number of hydrogen-bond donors (Lipinski definition) is 2. The van der Waals surface area contributed by atoms with Crippen LogP contribution in [0.2, 0.25) is 0 Å². The summed E-state index contributed by atoms with van der Waals surface area (Å²) in [5, 5.41) is 0.714. The largest absolute Gasteiger partial charge is 0.493 e. The van der Waals surface area contributed by atoms with Crippen LogP contribution in [0.4, 0.5) is 17.5 Å². The number of carbonyl (C=O) groups excluding carboxylic acids is 1. The molecule has 0 aliphatic carbocycles. The third-order valence-corrected chi connectivity index (χ3v) is 5.97. The van der Waals surface area contributed by atoms with E-state index < -0.39 is 0 Å². The summed E-state index contributed by atoms with van der Waals surface area (Å²) >= 11 is 0. The topological polar surface area (TPSA) is 120 Å². The van der Waals surface area contributed by atoms with Crippen LogP contribution < -0.4 is 25.8 Å². The van der Waals surface area contributed by atoms with Crippen molar-refractivity contribution < 1.29 is 14.3 Å². The number of aryl methyl sites for hydroxylation is 1. The van der Waals surface area contributed by atoms with Crippen LogP contribution in [0.25, 0.3) is 10.9 Å². The highest BCUT2D eigenvalue weighted by molar-refractivity contribution is 5.91. The van der Waals surface area contributed by atoms with E-state index in [2.05, 4.69) is 14.9 Å². The Hall–Kier alpha value is -3.75. The summed E-state index contributed by atoms with van der Waals surface area (Å²) in [5.74, 6) is 2.29. The fourth-order valence-electron chi connectivity index (χ4n) is 4.05. The van der Waals surface area contributed by atoms with E-state index >= 15 is 0 Å². The maximum absolute atomic E-state index is 12.7. The zero-order valence-electron chi connectivity index (χ0n) is 19.1. The van der Waals surface area contributed by atoms with Gasteiger partial charge in [0.1, 0.15) is 5.82 Å². The minimum absolute atomic E-state index is 0.181. The molecule has 0 radical (unpaired) electrons. The molecule has 1 aromatic heterocycles. The van der Waals surface area contributed by atoms with Gasteiger partial charge in [-0.25, -0.2) is 4.98 Å². The van der Waals surface area contributed by atoms with Crippen molar-refractivity contribution in [3.63, 3.8) is 0 Å². The number of fused-ring (bicyclic) bond motifs is 1. The average Bonchev–Trinajstić information content (AvgIpc) is 2.84. The van der Waals surface area contributed by atoms with Crippen LogP contribution in [0.1, 0.15) is 18.4 Å². The van der Waals surface area contributed by atoms with Crippen LogP contribution >= 0.6 is 0 Å². The molecule has 0 saturated carbocycles. The summed E-state index contributed by atoms with van der Waals surface area (Å²) in [6.07, 6.45) is 2.22. The Labute approximate surface area is 193 Å². The number of amides is 1. The number of hydrogen-bond acceptors (Lipinski definition) is 8. The molecular formula is C24H30N6O3. The second kappa shape index (κ2) is 9.81. The molecule has 2 heterocycles. The van der Waals surface area contributed by atoms with Crippen molar-refractivity contribution in [3.05, 3.63) is 42.0 Å². The molecular weight excluding hydrogens is 420 g/mol. The lowest BCUT2D eigenvalue weighted by Gasteiger charge is -2.35. The summed E-state index contributed by atoms with van der Waals surface area (Å²) in [4.78, 5) is 25.8. The molecule has 9 nitrogen and oxygen atoms in total. The molecule has 1 fully saturated rings. The first kappa shape index (κ1) is 22.4. The zero-order chi connectivity index (χ0) is 23.4. The molecule has 2 aromatic carbocycles. The molecule has 0 bridgehead atoms. The zero-order valence-corrected chi connectivity index (χ0v) is 19.1. The van der Waals surface area contributed by atoms with Crippen molar-refractivity contribution in [1.82, 2.24) is 14.9 Å². The maximum Gasteiger partial charge on any atom is 0.228 e. The normalized spacial score (nSPS) is 13.9. The number of methoxy groups -OCH3 is 2. The van der Waals surface area contributed by atoms with Crippen LogP contribution in [0.3, 0.4) is 0 Å². The predicted molar refractivity (Wildman–Crippen MR) is 130 cm³/mol. The molecule has 0 unspecified atom stereocenters. The monoisotopic (exact) mass is 450 g/mol. The Morgan fingerprint density at radius 2 is 1.64 bits per heavy atom. The Morgan fingerprint density at radius 1 is 0.970 bits per heavy atom. The number of nitrogens with two attached hydrogens (primary N) is 2. The molecule has 0 atom stereocenters. The molecule has 3 aromatic rings. The molecule has 4 N–H and O–H groups in total. The highest BCUT2D eigenvalue weighted by Gasteiger charge is 2.23. The third-order valence-electron chi connectivity index (χ3n) is 5.97. The van der Waals surface area contributed by atoms with Gasteiger partial charge in [0.05, 0.1) is 19.7 Å². The quantitative estimate of drug-likeness (QED) is 0.527. The van der Waals surface area contributed by atoms with Crippen molar-refractivity contribution in [3.8, 4) is 11.5 Å². The SMILES string of the molecule is COc1cc2nc(N3CCN(C(=O)CCCc4ccc(N)cc4)CC3)nc(N)c2cc1OC. The Balaban J connectivity index is 1.36. The lowest BCUT2D eigenvalue weighted by Crippen LogP contribution is -2.49. The molecule has 1 amide bonds. The first-order chi connectivity index (χ1) is 16.0. The Morgan fingerprint density at radius 3 is 2.30 bits per heavy atom. The van der Waals surface area contributed by atoms with Crippen LogP contribution in [-0.4, -0.2) is 61.2 Å². The van der Waals surface area contributed by atoms with Gasteiger partial charge in [0.15, 0.2) is 11.5 Å². The van der Waals surface area contributed by atoms with E-state index in [1.807, 2.05) is 29.2 Å². The van der Waals surface area contributed by atoms with Crippen molar-refractivity contribution in [2.24, 2.45) is 0 Å². The van der Waals surface area contributed by atoms with Gasteiger partial charge in [-0.1, -0.05) is 12.1 Å². The number of piperazine rings is 1. The molecule has 1 aliphatic rings. The fourth-order valence-corrected chi connectivity index (χ4v) is 4.05. The first-order valence-corrected chi connectivity index (χ1v) is 11.0. The van der Waals surface area contributed by atoms with Crippen molar-refractivity contribution in [1.29, 1.82) is 0 Å². The molecule has 4 rings (SSSR count). The van der Waals surface area contributed by atoms with E-state index in [1.165, 1.54) is 5.56 Å². The van der Waals surface area contributed by atoms with Crippen LogP contribution in [0.15, 0.2) is 36.4 Å². The molecule has 1 saturated heterocycles. The van der Waals surface area contributed by atoms with Gasteiger partial charge >= 0.3 is 0 Å². The minimum Gasteiger partial charge on any atom is -0.493 e. The number of nitrogens with zero attached hydrogens (tertiary/aromatic N) is 4. The molecule has 0 spiro atoms. The van der Waals surface area contributed by atoms with Crippen molar-refractivity contribution in [2.45, 2.75) is 19.3 Å². The van der Waals surface area contributed by atoms with Gasteiger partial charge in [-0.3, -0.25) is 4.79 Å². The second-order valence-electron chi connectivity index (χ2n) is 8.10. The highest BCUT2D eigenvalue weighted by Crippen LogP contribution is 2.34. The summed E-state index contributed by atoms with van der Waals surface area (Å²) in [7, 11) is 3.16. The third kappa shape index (κ3) is 5.02. The van der Waals surface area contributed by atoms with Gasteiger partial charge in [0, 0.05) is 49.7 Å². The fraction of sp³-hybridized carbons (Fsp3) is 0.375. The summed E-state index contributed by atoms with van der Waals surface area (Å²) in [5.41, 5.74) is 14.6. The number of rotatable bonds is 7. The smallest absolute Gasteiger partial charge is 0.228 e. The summed E-state index contributed by atoms with van der Waals surface area (Å²) in [6.45, 7) is 2.58. The second-order valence-corrected chi connectivity index (χ2v) is 8.10. The van der Waals surface area contributed by atoms with Crippen molar-refractivity contribution in [2.75, 3.05) is 56.8 Å². The number of nitrogen functional groups attached to an aromatic ring is 2. The lowest BCUT2D eigenvalue weighted by molar-refractivity contribution is -0.131. The predicted octanol–water partition coefficient (Wildman–Crippen LogP) is 2.48. The Bertz CT molecular complexity index is 1130. The van der Waals surface area contributed by atoms with Crippen molar-refractivity contribution >= 4 is 34.3 Å². The molecule has 9 heteroatoms. The van der Waals surface area contributed by atoms with E-state index in [0.717, 1.165) is 18.5 Å². The van der Waals surface area contributed by atoms with E-state index in [-0.39, 0.29) is 5.91 Å². The molecule has 1 aliphatic heterocycles. The van der Waals surface area contributed by atoms with Gasteiger partial charge < -0.3 is 30.7 Å².